The van der Waals surface area contributed by atoms with Crippen molar-refractivity contribution < 1.29 is 19.1 Å². The van der Waals surface area contributed by atoms with E-state index in [0.29, 0.717) is 6.61 Å². The second kappa shape index (κ2) is 7.76. The van der Waals surface area contributed by atoms with Gasteiger partial charge in [0.25, 0.3) is 0 Å². The molecule has 1 aliphatic rings. The van der Waals surface area contributed by atoms with E-state index in [0.717, 1.165) is 5.69 Å². The summed E-state index contributed by atoms with van der Waals surface area (Å²) in [6.45, 7) is 6.45. The van der Waals surface area contributed by atoms with Crippen molar-refractivity contribution in [3.05, 3.63) is 30.3 Å². The number of hydrazone groups is 1. The van der Waals surface area contributed by atoms with Gasteiger partial charge in [0.05, 0.1) is 25.4 Å². The Labute approximate surface area is 136 Å². The molecule has 1 aromatic carbocycles. The summed E-state index contributed by atoms with van der Waals surface area (Å²) in [6.07, 6.45) is 0. The Hall–Kier alpha value is -2.37. The fourth-order valence-corrected chi connectivity index (χ4v) is 2.19. The molecular formula is C17H22N2O4. The molecule has 0 N–H and O–H groups in total. The van der Waals surface area contributed by atoms with E-state index in [1.165, 1.54) is 0 Å². The molecule has 0 aromatic heterocycles. The van der Waals surface area contributed by atoms with Gasteiger partial charge in [-0.2, -0.15) is 5.10 Å². The van der Waals surface area contributed by atoms with Gasteiger partial charge in [-0.05, 0) is 25.0 Å². The number of carbonyl (C=O) groups excluding carboxylic acids is 2. The maximum atomic E-state index is 12.3. The van der Waals surface area contributed by atoms with E-state index in [4.69, 9.17) is 9.47 Å². The highest BCUT2D eigenvalue weighted by molar-refractivity contribution is 6.41. The number of para-hydroxylation sites is 1. The van der Waals surface area contributed by atoms with Crippen molar-refractivity contribution in [1.82, 2.24) is 0 Å². The zero-order chi connectivity index (χ0) is 16.8. The summed E-state index contributed by atoms with van der Waals surface area (Å²) < 4.78 is 10.3. The summed E-state index contributed by atoms with van der Waals surface area (Å²) in [4.78, 5) is 24.4. The maximum absolute atomic E-state index is 12.3. The van der Waals surface area contributed by atoms with E-state index in [9.17, 15) is 9.59 Å². The lowest BCUT2D eigenvalue weighted by Gasteiger charge is -2.16. The Balaban J connectivity index is 2.18. The van der Waals surface area contributed by atoms with E-state index < -0.39 is 17.9 Å². The molecule has 1 unspecified atom stereocenters. The van der Waals surface area contributed by atoms with Gasteiger partial charge < -0.3 is 9.47 Å². The molecule has 0 spiro atoms. The zero-order valence-corrected chi connectivity index (χ0v) is 13.7. The molecule has 1 atom stereocenters. The number of ether oxygens (including phenoxy) is 2. The molecule has 6 nitrogen and oxygen atoms in total. The van der Waals surface area contributed by atoms with E-state index in [2.05, 4.69) is 5.10 Å². The Morgan fingerprint density at radius 2 is 1.96 bits per heavy atom. The first-order chi connectivity index (χ1) is 11.0. The third-order valence-electron chi connectivity index (χ3n) is 3.30. The van der Waals surface area contributed by atoms with Crippen LogP contribution in [-0.2, 0) is 19.1 Å². The summed E-state index contributed by atoms with van der Waals surface area (Å²) in [5.74, 6) is -1.51. The lowest BCUT2D eigenvalue weighted by Crippen LogP contribution is -2.33. The fraction of sp³-hybridized carbons (Fsp3) is 0.471. The van der Waals surface area contributed by atoms with Crippen LogP contribution in [0.2, 0.25) is 0 Å². The predicted octanol–water partition coefficient (Wildman–Crippen LogP) is 2.24. The smallest absolute Gasteiger partial charge is 0.355 e. The SMILES string of the molecule is CCOC(=O)C1=NN(c2ccccc2)CC1C(=O)OCC(C)C. The van der Waals surface area contributed by atoms with Crippen LogP contribution in [0, 0.1) is 11.8 Å². The lowest BCUT2D eigenvalue weighted by atomic mass is 10.0. The van der Waals surface area contributed by atoms with Crippen LogP contribution in [0.15, 0.2) is 35.4 Å². The molecule has 2 rings (SSSR count). The summed E-state index contributed by atoms with van der Waals surface area (Å²) in [5.41, 5.74) is 0.915. The number of esters is 2. The largest absolute Gasteiger partial charge is 0.465 e. The third-order valence-corrected chi connectivity index (χ3v) is 3.30. The Kier molecular flexibility index (Phi) is 5.73. The molecule has 0 bridgehead atoms. The van der Waals surface area contributed by atoms with Crippen molar-refractivity contribution >= 4 is 23.3 Å². The van der Waals surface area contributed by atoms with E-state index in [-0.39, 0.29) is 24.8 Å². The van der Waals surface area contributed by atoms with Gasteiger partial charge in [-0.3, -0.25) is 9.80 Å². The Morgan fingerprint density at radius 1 is 1.26 bits per heavy atom. The van der Waals surface area contributed by atoms with Crippen LogP contribution in [0.3, 0.4) is 0 Å². The lowest BCUT2D eigenvalue weighted by molar-refractivity contribution is -0.148. The molecule has 124 valence electrons. The standard InChI is InChI=1S/C17H22N2O4/c1-4-22-17(21)15-14(16(20)23-11-12(2)3)10-19(18-15)13-8-6-5-7-9-13/h5-9,12,14H,4,10-11H2,1-3H3. The quantitative estimate of drug-likeness (QED) is 0.753. The summed E-state index contributed by atoms with van der Waals surface area (Å²) in [6, 6.07) is 9.38. The monoisotopic (exact) mass is 318 g/mol. The van der Waals surface area contributed by atoms with Crippen molar-refractivity contribution in [2.24, 2.45) is 16.9 Å². The molecule has 0 aliphatic carbocycles. The van der Waals surface area contributed by atoms with Crippen molar-refractivity contribution in [2.75, 3.05) is 24.8 Å². The van der Waals surface area contributed by atoms with Crippen molar-refractivity contribution in [1.29, 1.82) is 0 Å². The third kappa shape index (κ3) is 4.31. The molecular weight excluding hydrogens is 296 g/mol. The highest BCUT2D eigenvalue weighted by atomic mass is 16.5. The van der Waals surface area contributed by atoms with Gasteiger partial charge in [0, 0.05) is 0 Å². The van der Waals surface area contributed by atoms with Crippen molar-refractivity contribution in [3.63, 3.8) is 0 Å². The van der Waals surface area contributed by atoms with Crippen LogP contribution in [0.1, 0.15) is 20.8 Å². The van der Waals surface area contributed by atoms with Crippen LogP contribution in [-0.4, -0.2) is 37.4 Å². The zero-order valence-electron chi connectivity index (χ0n) is 13.7. The highest BCUT2D eigenvalue weighted by Crippen LogP contribution is 2.23. The van der Waals surface area contributed by atoms with Gasteiger partial charge in [-0.25, -0.2) is 4.79 Å². The molecule has 1 aromatic rings. The van der Waals surface area contributed by atoms with E-state index >= 15 is 0 Å². The van der Waals surface area contributed by atoms with Crippen LogP contribution >= 0.6 is 0 Å². The minimum atomic E-state index is -0.729. The van der Waals surface area contributed by atoms with Gasteiger partial charge in [0.15, 0.2) is 5.71 Å². The number of hydrogen-bond acceptors (Lipinski definition) is 6. The first kappa shape index (κ1) is 17.0. The van der Waals surface area contributed by atoms with Crippen LogP contribution in [0.25, 0.3) is 0 Å². The summed E-state index contributed by atoms with van der Waals surface area (Å²) in [7, 11) is 0. The molecule has 23 heavy (non-hydrogen) atoms. The number of benzene rings is 1. The van der Waals surface area contributed by atoms with Gasteiger partial charge in [0.1, 0.15) is 5.92 Å². The summed E-state index contributed by atoms with van der Waals surface area (Å²) in [5, 5.41) is 5.91. The van der Waals surface area contributed by atoms with E-state index in [1.807, 2.05) is 44.2 Å². The number of anilines is 1. The minimum Gasteiger partial charge on any atom is -0.465 e. The highest BCUT2D eigenvalue weighted by Gasteiger charge is 2.39. The first-order valence-corrected chi connectivity index (χ1v) is 7.77. The Morgan fingerprint density at radius 3 is 2.57 bits per heavy atom. The minimum absolute atomic E-state index is 0.101. The Bertz CT molecular complexity index is 584. The second-order valence-corrected chi connectivity index (χ2v) is 5.70. The average molecular weight is 318 g/mol. The second-order valence-electron chi connectivity index (χ2n) is 5.70. The van der Waals surface area contributed by atoms with Gasteiger partial charge in [0.2, 0.25) is 0 Å². The number of carbonyl (C=O) groups is 2. The molecule has 0 saturated carbocycles. The molecule has 0 fully saturated rings. The first-order valence-electron chi connectivity index (χ1n) is 7.77. The molecule has 0 saturated heterocycles. The van der Waals surface area contributed by atoms with Gasteiger partial charge >= 0.3 is 11.9 Å². The summed E-state index contributed by atoms with van der Waals surface area (Å²) >= 11 is 0. The average Bonchev–Trinajstić information content (AvgIpc) is 2.99. The van der Waals surface area contributed by atoms with Crippen LogP contribution < -0.4 is 5.01 Å². The van der Waals surface area contributed by atoms with Crippen molar-refractivity contribution in [3.8, 4) is 0 Å². The molecule has 1 heterocycles. The van der Waals surface area contributed by atoms with E-state index in [1.54, 1.807) is 11.9 Å². The molecule has 6 heteroatoms. The molecule has 1 aliphatic heterocycles. The van der Waals surface area contributed by atoms with Gasteiger partial charge in [-0.1, -0.05) is 32.0 Å². The normalized spacial score (nSPS) is 17.1. The van der Waals surface area contributed by atoms with Crippen molar-refractivity contribution in [2.45, 2.75) is 20.8 Å². The predicted molar refractivity (Wildman–Crippen MR) is 87.1 cm³/mol. The molecule has 0 radical (unpaired) electrons. The maximum Gasteiger partial charge on any atom is 0.355 e. The van der Waals surface area contributed by atoms with Crippen LogP contribution in [0.5, 0.6) is 0 Å². The fourth-order valence-electron chi connectivity index (χ4n) is 2.19. The molecule has 0 amide bonds. The van der Waals surface area contributed by atoms with Crippen LogP contribution in [0.4, 0.5) is 5.69 Å². The number of rotatable bonds is 6. The topological polar surface area (TPSA) is 68.2 Å². The number of hydrogen-bond donors (Lipinski definition) is 0. The number of nitrogens with zero attached hydrogens (tertiary/aromatic N) is 2. The van der Waals surface area contributed by atoms with Gasteiger partial charge in [-0.15, -0.1) is 0 Å².